The Hall–Kier alpha value is -0.930. The predicted octanol–water partition coefficient (Wildman–Crippen LogP) is 4.18. The van der Waals surface area contributed by atoms with E-state index in [0.717, 1.165) is 5.56 Å². The minimum Gasteiger partial charge on any atom is -0.106 e. The molecule has 1 heteroatoms. The molecular formula is C14H17Cl. The minimum absolute atomic E-state index is 0.448. The molecule has 0 saturated carbocycles. The third-order valence-electron chi connectivity index (χ3n) is 2.08. The molecule has 1 aromatic carbocycles. The van der Waals surface area contributed by atoms with E-state index in [2.05, 4.69) is 37.8 Å². The number of alkyl halides is 1. The number of hydrogen-bond donors (Lipinski definition) is 0. The maximum atomic E-state index is 5.99. The van der Waals surface area contributed by atoms with Gasteiger partial charge in [-0.25, -0.2) is 0 Å². The fourth-order valence-electron chi connectivity index (χ4n) is 1.17. The second kappa shape index (κ2) is 4.73. The molecule has 15 heavy (non-hydrogen) atoms. The molecule has 1 aromatic rings. The zero-order valence-electron chi connectivity index (χ0n) is 9.76. The van der Waals surface area contributed by atoms with Gasteiger partial charge in [-0.2, -0.15) is 0 Å². The van der Waals surface area contributed by atoms with Crippen molar-refractivity contribution in [2.45, 2.75) is 38.5 Å². The molecule has 0 saturated heterocycles. The number of rotatable bonds is 1. The van der Waals surface area contributed by atoms with Crippen LogP contribution in [0.1, 0.15) is 44.7 Å². The lowest BCUT2D eigenvalue weighted by Gasteiger charge is -2.05. The molecule has 0 amide bonds. The number of hydrogen-bond acceptors (Lipinski definition) is 0. The van der Waals surface area contributed by atoms with Crippen LogP contribution in [0, 0.1) is 11.8 Å². The Bertz CT molecular complexity index is 369. The molecule has 0 aliphatic heterocycles. The summed E-state index contributed by atoms with van der Waals surface area (Å²) in [6, 6.07) is 8.34. The molecule has 0 nitrogen and oxygen atoms in total. The van der Waals surface area contributed by atoms with Crippen LogP contribution in [-0.2, 0) is 0 Å². The lowest BCUT2D eigenvalue weighted by atomic mass is 10.0. The highest BCUT2D eigenvalue weighted by molar-refractivity contribution is 6.25. The van der Waals surface area contributed by atoms with Crippen LogP contribution in [0.4, 0.5) is 0 Å². The average Bonchev–Trinajstić information content (AvgIpc) is 2.14. The predicted molar refractivity (Wildman–Crippen MR) is 67.3 cm³/mol. The van der Waals surface area contributed by atoms with Crippen LogP contribution >= 0.6 is 11.6 Å². The van der Waals surface area contributed by atoms with Gasteiger partial charge in [-0.3, -0.25) is 0 Å². The van der Waals surface area contributed by atoms with Gasteiger partial charge in [-0.05, 0) is 37.5 Å². The van der Waals surface area contributed by atoms with Crippen molar-refractivity contribution in [3.8, 4) is 11.8 Å². The molecular weight excluding hydrogens is 204 g/mol. The van der Waals surface area contributed by atoms with Crippen molar-refractivity contribution in [1.29, 1.82) is 0 Å². The van der Waals surface area contributed by atoms with E-state index in [0.29, 0.717) is 5.92 Å². The van der Waals surface area contributed by atoms with Gasteiger partial charge in [0.2, 0.25) is 0 Å². The van der Waals surface area contributed by atoms with Crippen LogP contribution in [0.15, 0.2) is 24.3 Å². The van der Waals surface area contributed by atoms with Crippen molar-refractivity contribution in [2.75, 3.05) is 0 Å². The van der Waals surface area contributed by atoms with Gasteiger partial charge in [-0.15, -0.1) is 11.6 Å². The first kappa shape index (κ1) is 12.1. The Morgan fingerprint density at radius 2 is 1.67 bits per heavy atom. The van der Waals surface area contributed by atoms with Crippen molar-refractivity contribution >= 4 is 11.6 Å². The summed E-state index contributed by atoms with van der Waals surface area (Å²) >= 11 is 5.99. The average molecular weight is 221 g/mol. The first-order valence-corrected chi connectivity index (χ1v) is 5.58. The van der Waals surface area contributed by atoms with Gasteiger partial charge in [-0.1, -0.05) is 37.8 Å². The smallest absolute Gasteiger partial charge is 0.0997 e. The van der Waals surface area contributed by atoms with Crippen LogP contribution in [-0.4, -0.2) is 4.87 Å². The number of halogens is 1. The highest BCUT2D eigenvalue weighted by Gasteiger charge is 2.06. The summed E-state index contributed by atoms with van der Waals surface area (Å²) in [5.74, 6) is 6.64. The zero-order chi connectivity index (χ0) is 11.5. The Labute approximate surface area is 97.7 Å². The van der Waals surface area contributed by atoms with Gasteiger partial charge in [0.05, 0.1) is 4.87 Å². The largest absolute Gasteiger partial charge is 0.106 e. The molecule has 0 N–H and O–H groups in total. The Morgan fingerprint density at radius 1 is 1.13 bits per heavy atom. The molecule has 0 aliphatic rings. The fraction of sp³-hybridized carbons (Fsp3) is 0.429. The molecule has 0 unspecified atom stereocenters. The second-order valence-electron chi connectivity index (χ2n) is 4.50. The Balaban J connectivity index is 2.85. The van der Waals surface area contributed by atoms with E-state index in [-0.39, 0.29) is 0 Å². The standard InChI is InChI=1S/C14H17Cl/c1-11(2)13-7-5-12(6-8-13)9-10-14(3,4)15/h5-8,11H,1-4H3. The lowest BCUT2D eigenvalue weighted by Crippen LogP contribution is -2.04. The van der Waals surface area contributed by atoms with Gasteiger partial charge in [0, 0.05) is 5.56 Å². The van der Waals surface area contributed by atoms with E-state index in [4.69, 9.17) is 11.6 Å². The van der Waals surface area contributed by atoms with Gasteiger partial charge < -0.3 is 0 Å². The van der Waals surface area contributed by atoms with Crippen molar-refractivity contribution in [3.05, 3.63) is 35.4 Å². The van der Waals surface area contributed by atoms with Crippen LogP contribution in [0.3, 0.4) is 0 Å². The van der Waals surface area contributed by atoms with Crippen LogP contribution in [0.5, 0.6) is 0 Å². The quantitative estimate of drug-likeness (QED) is 0.492. The summed E-state index contributed by atoms with van der Waals surface area (Å²) in [5, 5.41) is 0. The van der Waals surface area contributed by atoms with Gasteiger partial charge in [0.25, 0.3) is 0 Å². The summed E-state index contributed by atoms with van der Waals surface area (Å²) in [4.78, 5) is -0.448. The molecule has 0 atom stereocenters. The molecule has 1 rings (SSSR count). The van der Waals surface area contributed by atoms with E-state index in [9.17, 15) is 0 Å². The van der Waals surface area contributed by atoms with Gasteiger partial charge in [0.15, 0.2) is 0 Å². The van der Waals surface area contributed by atoms with Gasteiger partial charge >= 0.3 is 0 Å². The molecule has 0 spiro atoms. The summed E-state index contributed by atoms with van der Waals surface area (Å²) < 4.78 is 0. The molecule has 0 heterocycles. The summed E-state index contributed by atoms with van der Waals surface area (Å²) in [6.45, 7) is 8.15. The second-order valence-corrected chi connectivity index (χ2v) is 5.44. The van der Waals surface area contributed by atoms with Crippen molar-refractivity contribution in [2.24, 2.45) is 0 Å². The topological polar surface area (TPSA) is 0 Å². The third-order valence-corrected chi connectivity index (χ3v) is 2.18. The number of benzene rings is 1. The molecule has 0 aliphatic carbocycles. The van der Waals surface area contributed by atoms with E-state index in [1.165, 1.54) is 5.56 Å². The molecule has 0 bridgehead atoms. The maximum absolute atomic E-state index is 5.99. The fourth-order valence-corrected chi connectivity index (χ4v) is 1.22. The van der Waals surface area contributed by atoms with Crippen molar-refractivity contribution in [3.63, 3.8) is 0 Å². The highest BCUT2D eigenvalue weighted by Crippen LogP contribution is 2.15. The van der Waals surface area contributed by atoms with Crippen LogP contribution < -0.4 is 0 Å². The van der Waals surface area contributed by atoms with E-state index < -0.39 is 4.87 Å². The Kier molecular flexibility index (Phi) is 3.83. The lowest BCUT2D eigenvalue weighted by molar-refractivity contribution is 0.866. The van der Waals surface area contributed by atoms with E-state index >= 15 is 0 Å². The molecule has 80 valence electrons. The zero-order valence-corrected chi connectivity index (χ0v) is 10.5. The van der Waals surface area contributed by atoms with Crippen molar-refractivity contribution in [1.82, 2.24) is 0 Å². The van der Waals surface area contributed by atoms with Crippen LogP contribution in [0.2, 0.25) is 0 Å². The third kappa shape index (κ3) is 4.40. The summed E-state index contributed by atoms with van der Waals surface area (Å²) in [6.07, 6.45) is 0. The SMILES string of the molecule is CC(C)c1ccc(C#CC(C)(C)Cl)cc1. The molecule has 0 aromatic heterocycles. The monoisotopic (exact) mass is 220 g/mol. The van der Waals surface area contributed by atoms with E-state index in [1.54, 1.807) is 0 Å². The minimum atomic E-state index is -0.448. The highest BCUT2D eigenvalue weighted by atomic mass is 35.5. The molecule has 0 radical (unpaired) electrons. The summed E-state index contributed by atoms with van der Waals surface area (Å²) in [5.41, 5.74) is 2.36. The normalized spacial score (nSPS) is 11.1. The molecule has 0 fully saturated rings. The first-order chi connectivity index (χ1) is 6.88. The van der Waals surface area contributed by atoms with E-state index in [1.807, 2.05) is 26.0 Å². The first-order valence-electron chi connectivity index (χ1n) is 5.20. The van der Waals surface area contributed by atoms with Crippen LogP contribution in [0.25, 0.3) is 0 Å². The van der Waals surface area contributed by atoms with Crippen molar-refractivity contribution < 1.29 is 0 Å². The van der Waals surface area contributed by atoms with Gasteiger partial charge in [0.1, 0.15) is 0 Å². The Morgan fingerprint density at radius 3 is 2.07 bits per heavy atom. The maximum Gasteiger partial charge on any atom is 0.0997 e. The summed E-state index contributed by atoms with van der Waals surface area (Å²) in [7, 11) is 0.